The standard InChI is InChI=1S/C15H33N/c1-6-8-10-12-15(3,14-16(4)5)13-11-9-7-2/h6-14H2,1-5H3. The van der Waals surface area contributed by atoms with Gasteiger partial charge < -0.3 is 4.90 Å². The summed E-state index contributed by atoms with van der Waals surface area (Å²) in [6, 6.07) is 0. The summed E-state index contributed by atoms with van der Waals surface area (Å²) in [6.07, 6.45) is 11.1. The molecule has 0 bridgehead atoms. The highest BCUT2D eigenvalue weighted by Gasteiger charge is 2.23. The lowest BCUT2D eigenvalue weighted by Gasteiger charge is -2.33. The van der Waals surface area contributed by atoms with E-state index in [1.54, 1.807) is 0 Å². The van der Waals surface area contributed by atoms with E-state index in [1.807, 2.05) is 0 Å². The Labute approximate surface area is 104 Å². The molecule has 0 aromatic carbocycles. The molecule has 0 heterocycles. The van der Waals surface area contributed by atoms with Crippen LogP contribution in [0.1, 0.15) is 72.1 Å². The van der Waals surface area contributed by atoms with E-state index in [0.29, 0.717) is 5.41 Å². The molecule has 0 fully saturated rings. The average molecular weight is 227 g/mol. The molecule has 0 saturated heterocycles. The molecule has 0 aliphatic carbocycles. The molecule has 1 heteroatoms. The summed E-state index contributed by atoms with van der Waals surface area (Å²) in [7, 11) is 4.41. The summed E-state index contributed by atoms with van der Waals surface area (Å²) in [5, 5.41) is 0. The molecular formula is C15H33N. The number of hydrogen-bond acceptors (Lipinski definition) is 1. The van der Waals surface area contributed by atoms with Gasteiger partial charge in [0.1, 0.15) is 0 Å². The quantitative estimate of drug-likeness (QED) is 0.488. The summed E-state index contributed by atoms with van der Waals surface area (Å²) < 4.78 is 0. The Morgan fingerprint density at radius 2 is 1.25 bits per heavy atom. The maximum absolute atomic E-state index is 2.48. The molecule has 0 N–H and O–H groups in total. The second kappa shape index (κ2) is 9.04. The lowest BCUT2D eigenvalue weighted by molar-refractivity contribution is 0.178. The molecule has 0 aromatic heterocycles. The third-order valence-electron chi connectivity index (χ3n) is 3.47. The second-order valence-corrected chi connectivity index (χ2v) is 5.96. The number of hydrogen-bond donors (Lipinski definition) is 0. The van der Waals surface area contributed by atoms with Crippen LogP contribution in [0.25, 0.3) is 0 Å². The Bertz CT molecular complexity index is 142. The predicted molar refractivity (Wildman–Crippen MR) is 74.9 cm³/mol. The van der Waals surface area contributed by atoms with Crippen molar-refractivity contribution in [3.05, 3.63) is 0 Å². The predicted octanol–water partition coefficient (Wildman–Crippen LogP) is 4.71. The van der Waals surface area contributed by atoms with Gasteiger partial charge in [0.2, 0.25) is 0 Å². The second-order valence-electron chi connectivity index (χ2n) is 5.96. The van der Waals surface area contributed by atoms with Crippen LogP contribution in [-0.2, 0) is 0 Å². The first-order valence-corrected chi connectivity index (χ1v) is 7.19. The van der Waals surface area contributed by atoms with Crippen molar-refractivity contribution in [2.45, 2.75) is 72.1 Å². The minimum Gasteiger partial charge on any atom is -0.309 e. The largest absolute Gasteiger partial charge is 0.309 e. The van der Waals surface area contributed by atoms with E-state index in [0.717, 1.165) is 0 Å². The molecular weight excluding hydrogens is 194 g/mol. The van der Waals surface area contributed by atoms with Crippen LogP contribution in [0, 0.1) is 5.41 Å². The zero-order valence-electron chi connectivity index (χ0n) is 12.3. The zero-order chi connectivity index (χ0) is 12.4. The first kappa shape index (κ1) is 16.0. The maximum Gasteiger partial charge on any atom is 0.00292 e. The average Bonchev–Trinajstić information content (AvgIpc) is 2.17. The fourth-order valence-electron chi connectivity index (χ4n) is 2.65. The molecule has 0 aromatic rings. The molecule has 0 saturated carbocycles. The highest BCUT2D eigenvalue weighted by atomic mass is 15.1. The molecule has 0 atom stereocenters. The Balaban J connectivity index is 4.02. The summed E-state index contributed by atoms with van der Waals surface area (Å²) in [5.41, 5.74) is 0.549. The Kier molecular flexibility index (Phi) is 9.02. The van der Waals surface area contributed by atoms with Crippen LogP contribution < -0.4 is 0 Å². The van der Waals surface area contributed by atoms with Gasteiger partial charge in [-0.3, -0.25) is 0 Å². The fraction of sp³-hybridized carbons (Fsp3) is 1.00. The van der Waals surface area contributed by atoms with Crippen molar-refractivity contribution in [3.8, 4) is 0 Å². The monoisotopic (exact) mass is 227 g/mol. The lowest BCUT2D eigenvalue weighted by atomic mass is 9.79. The van der Waals surface area contributed by atoms with Gasteiger partial charge >= 0.3 is 0 Å². The van der Waals surface area contributed by atoms with E-state index in [2.05, 4.69) is 39.8 Å². The maximum atomic E-state index is 2.48. The molecule has 98 valence electrons. The van der Waals surface area contributed by atoms with Crippen molar-refractivity contribution in [1.82, 2.24) is 4.90 Å². The highest BCUT2D eigenvalue weighted by molar-refractivity contribution is 4.77. The van der Waals surface area contributed by atoms with Gasteiger partial charge in [-0.15, -0.1) is 0 Å². The van der Waals surface area contributed by atoms with Crippen molar-refractivity contribution < 1.29 is 0 Å². The summed E-state index contributed by atoms with van der Waals surface area (Å²) in [6.45, 7) is 8.32. The molecule has 0 spiro atoms. The number of nitrogens with zero attached hydrogens (tertiary/aromatic N) is 1. The van der Waals surface area contributed by atoms with Crippen molar-refractivity contribution in [2.24, 2.45) is 5.41 Å². The number of unbranched alkanes of at least 4 members (excludes halogenated alkanes) is 4. The van der Waals surface area contributed by atoms with Gasteiger partial charge in [0, 0.05) is 6.54 Å². The molecule has 0 amide bonds. The van der Waals surface area contributed by atoms with Gasteiger partial charge in [-0.05, 0) is 32.4 Å². The van der Waals surface area contributed by atoms with Crippen LogP contribution in [0.3, 0.4) is 0 Å². The Morgan fingerprint density at radius 3 is 1.56 bits per heavy atom. The van der Waals surface area contributed by atoms with E-state index in [9.17, 15) is 0 Å². The van der Waals surface area contributed by atoms with Gasteiger partial charge in [0.15, 0.2) is 0 Å². The van der Waals surface area contributed by atoms with Gasteiger partial charge in [-0.1, -0.05) is 59.3 Å². The summed E-state index contributed by atoms with van der Waals surface area (Å²) in [5.74, 6) is 0. The van der Waals surface area contributed by atoms with E-state index in [1.165, 1.54) is 57.9 Å². The van der Waals surface area contributed by atoms with Crippen molar-refractivity contribution in [2.75, 3.05) is 20.6 Å². The van der Waals surface area contributed by atoms with Crippen molar-refractivity contribution in [1.29, 1.82) is 0 Å². The third-order valence-corrected chi connectivity index (χ3v) is 3.47. The molecule has 16 heavy (non-hydrogen) atoms. The van der Waals surface area contributed by atoms with Crippen LogP contribution in [0.2, 0.25) is 0 Å². The van der Waals surface area contributed by atoms with Crippen LogP contribution >= 0.6 is 0 Å². The third kappa shape index (κ3) is 8.15. The number of rotatable bonds is 10. The van der Waals surface area contributed by atoms with E-state index >= 15 is 0 Å². The van der Waals surface area contributed by atoms with E-state index in [-0.39, 0.29) is 0 Å². The zero-order valence-corrected chi connectivity index (χ0v) is 12.3. The van der Waals surface area contributed by atoms with Crippen LogP contribution in [-0.4, -0.2) is 25.5 Å². The van der Waals surface area contributed by atoms with E-state index < -0.39 is 0 Å². The molecule has 0 radical (unpaired) electrons. The topological polar surface area (TPSA) is 3.24 Å². The minimum absolute atomic E-state index is 0.549. The first-order valence-electron chi connectivity index (χ1n) is 7.19. The van der Waals surface area contributed by atoms with Gasteiger partial charge in [0.25, 0.3) is 0 Å². The molecule has 1 nitrogen and oxygen atoms in total. The summed E-state index contributed by atoms with van der Waals surface area (Å²) in [4.78, 5) is 2.36. The highest BCUT2D eigenvalue weighted by Crippen LogP contribution is 2.31. The smallest absolute Gasteiger partial charge is 0.00292 e. The van der Waals surface area contributed by atoms with Crippen LogP contribution in [0.5, 0.6) is 0 Å². The van der Waals surface area contributed by atoms with Gasteiger partial charge in [-0.25, -0.2) is 0 Å². The van der Waals surface area contributed by atoms with Gasteiger partial charge in [-0.2, -0.15) is 0 Å². The van der Waals surface area contributed by atoms with Crippen LogP contribution in [0.4, 0.5) is 0 Å². The van der Waals surface area contributed by atoms with Gasteiger partial charge in [0.05, 0.1) is 0 Å². The molecule has 0 aliphatic heterocycles. The van der Waals surface area contributed by atoms with E-state index in [4.69, 9.17) is 0 Å². The Hall–Kier alpha value is -0.0400. The normalized spacial score (nSPS) is 12.4. The summed E-state index contributed by atoms with van der Waals surface area (Å²) >= 11 is 0. The lowest BCUT2D eigenvalue weighted by Crippen LogP contribution is -2.31. The minimum atomic E-state index is 0.549. The Morgan fingerprint density at radius 1 is 0.812 bits per heavy atom. The van der Waals surface area contributed by atoms with Crippen molar-refractivity contribution in [3.63, 3.8) is 0 Å². The molecule has 0 aliphatic rings. The fourth-order valence-corrected chi connectivity index (χ4v) is 2.65. The molecule has 0 rings (SSSR count). The first-order chi connectivity index (χ1) is 7.54. The SMILES string of the molecule is CCCCCC(C)(CCCCC)CN(C)C. The van der Waals surface area contributed by atoms with Crippen molar-refractivity contribution >= 4 is 0 Å². The molecule has 0 unspecified atom stereocenters. The van der Waals surface area contributed by atoms with Crippen LogP contribution in [0.15, 0.2) is 0 Å².